The Hall–Kier alpha value is -2.19. The predicted octanol–water partition coefficient (Wildman–Crippen LogP) is 15.2. The molecule has 2 unspecified atom stereocenters. The van der Waals surface area contributed by atoms with Crippen molar-refractivity contribution in [1.82, 2.24) is 0 Å². The molecule has 364 valence electrons. The number of allylic oxidation sites excluding steroid dienone is 4. The highest BCUT2D eigenvalue weighted by Crippen LogP contribution is 2.17. The van der Waals surface area contributed by atoms with Crippen molar-refractivity contribution in [1.29, 1.82) is 0 Å². The molecule has 0 aliphatic heterocycles. The van der Waals surface area contributed by atoms with Gasteiger partial charge in [0.05, 0.1) is 34.4 Å². The second kappa shape index (κ2) is 45.4. The minimum atomic E-state index is -0.873. The fourth-order valence-electron chi connectivity index (χ4n) is 8.01. The highest BCUT2D eigenvalue weighted by molar-refractivity contribution is 5.72. The maximum Gasteiger partial charge on any atom is 0.362 e. The van der Waals surface area contributed by atoms with Gasteiger partial charge in [-0.3, -0.25) is 9.59 Å². The number of esters is 2. The Bertz CT molecular complexity index is 1070. The van der Waals surface area contributed by atoms with Crippen LogP contribution in [0.3, 0.4) is 0 Å². The van der Waals surface area contributed by atoms with E-state index >= 15 is 0 Å². The van der Waals surface area contributed by atoms with Gasteiger partial charge in [-0.15, -0.1) is 0 Å². The van der Waals surface area contributed by atoms with Crippen LogP contribution in [0.5, 0.6) is 0 Å². The number of ether oxygens (including phenoxy) is 3. The number of quaternary nitrogens is 1. The number of nitrogens with zero attached hydrogens (tertiary/aromatic N) is 1. The molecule has 0 bridgehead atoms. The molecule has 0 saturated heterocycles. The summed E-state index contributed by atoms with van der Waals surface area (Å²) in [6, 6.07) is -0.614. The van der Waals surface area contributed by atoms with Gasteiger partial charge in [-0.2, -0.15) is 0 Å². The number of carboxylic acids is 1. The van der Waals surface area contributed by atoms with E-state index in [-0.39, 0.29) is 36.2 Å². The third-order valence-corrected chi connectivity index (χ3v) is 12.1. The molecule has 0 radical (unpaired) electrons. The number of rotatable bonds is 48. The fraction of sp³-hybridized carbons (Fsp3) is 0.870. The van der Waals surface area contributed by atoms with E-state index in [1.807, 2.05) is 21.1 Å². The lowest BCUT2D eigenvalue weighted by Crippen LogP contribution is -2.50. The molecule has 0 rings (SSSR count). The molecule has 0 spiro atoms. The molecule has 0 aromatic carbocycles. The minimum absolute atomic E-state index is 0.0491. The largest absolute Gasteiger partial charge is 0.477 e. The molecule has 0 aromatic rings. The molecule has 0 heterocycles. The Balaban J connectivity index is 4.21. The maximum atomic E-state index is 12.8. The fourth-order valence-corrected chi connectivity index (χ4v) is 8.01. The Labute approximate surface area is 383 Å². The lowest BCUT2D eigenvalue weighted by atomic mass is 10.0. The van der Waals surface area contributed by atoms with Crippen molar-refractivity contribution in [2.45, 2.75) is 264 Å². The molecule has 8 heteroatoms. The van der Waals surface area contributed by atoms with Crippen LogP contribution in [0.1, 0.15) is 251 Å². The lowest BCUT2D eigenvalue weighted by Gasteiger charge is -2.31. The van der Waals surface area contributed by atoms with Crippen molar-refractivity contribution < 1.29 is 38.2 Å². The summed E-state index contributed by atoms with van der Waals surface area (Å²) in [5.41, 5.74) is 0. The summed E-state index contributed by atoms with van der Waals surface area (Å²) in [5, 5.41) is 9.66. The third kappa shape index (κ3) is 43.1. The van der Waals surface area contributed by atoms with E-state index < -0.39 is 18.1 Å². The Morgan fingerprint density at radius 1 is 0.484 bits per heavy atom. The van der Waals surface area contributed by atoms with Gasteiger partial charge < -0.3 is 23.8 Å². The average Bonchev–Trinajstić information content (AvgIpc) is 3.23. The van der Waals surface area contributed by atoms with Gasteiger partial charge in [-0.25, -0.2) is 4.79 Å². The zero-order chi connectivity index (χ0) is 45.6. The first-order chi connectivity index (χ1) is 30.1. The van der Waals surface area contributed by atoms with E-state index in [1.54, 1.807) is 0 Å². The third-order valence-electron chi connectivity index (χ3n) is 12.1. The molecule has 1 N–H and O–H groups in total. The summed E-state index contributed by atoms with van der Waals surface area (Å²) in [4.78, 5) is 37.2. The SMILES string of the molecule is CCCCCC/C=C\C/C=C\CCCCCCCCCC(=O)OC(COCCC(C(=O)O)[N+](C)(C)C)COC(=O)CCCCCCCCCCCCCCCCCCCCCC. The molecule has 8 nitrogen and oxygen atoms in total. The second-order valence-corrected chi connectivity index (χ2v) is 19.1. The van der Waals surface area contributed by atoms with E-state index in [0.29, 0.717) is 19.3 Å². The van der Waals surface area contributed by atoms with Crippen molar-refractivity contribution in [3.05, 3.63) is 24.3 Å². The zero-order valence-corrected chi connectivity index (χ0v) is 41.6. The highest BCUT2D eigenvalue weighted by atomic mass is 16.6. The highest BCUT2D eigenvalue weighted by Gasteiger charge is 2.31. The molecule has 0 fully saturated rings. The monoisotopic (exact) mass is 877 g/mol. The van der Waals surface area contributed by atoms with Gasteiger partial charge in [0.2, 0.25) is 0 Å². The molecule has 0 aliphatic rings. The van der Waals surface area contributed by atoms with Crippen LogP contribution in [0.25, 0.3) is 0 Å². The molecule has 0 aliphatic carbocycles. The number of hydrogen-bond donors (Lipinski definition) is 1. The zero-order valence-electron chi connectivity index (χ0n) is 41.6. The van der Waals surface area contributed by atoms with Crippen LogP contribution in [-0.4, -0.2) is 80.6 Å². The van der Waals surface area contributed by atoms with E-state index in [9.17, 15) is 19.5 Å². The van der Waals surface area contributed by atoms with Gasteiger partial charge in [0, 0.05) is 19.3 Å². The summed E-state index contributed by atoms with van der Waals surface area (Å²) in [7, 11) is 5.54. The van der Waals surface area contributed by atoms with Crippen LogP contribution in [0.4, 0.5) is 0 Å². The van der Waals surface area contributed by atoms with Gasteiger partial charge in [0.1, 0.15) is 6.61 Å². The maximum absolute atomic E-state index is 12.8. The number of aliphatic carboxylic acids is 1. The molecule has 0 saturated carbocycles. The number of carbonyl (C=O) groups excluding carboxylic acids is 2. The average molecular weight is 877 g/mol. The summed E-state index contributed by atoms with van der Waals surface area (Å²) >= 11 is 0. The minimum Gasteiger partial charge on any atom is -0.477 e. The van der Waals surface area contributed by atoms with Gasteiger partial charge in [0.25, 0.3) is 0 Å². The molecular weight excluding hydrogens is 775 g/mol. The Kier molecular flexibility index (Phi) is 43.8. The van der Waals surface area contributed by atoms with Crippen molar-refractivity contribution in [2.24, 2.45) is 0 Å². The summed E-state index contributed by atoms with van der Waals surface area (Å²) in [6.07, 6.45) is 52.2. The molecule has 62 heavy (non-hydrogen) atoms. The van der Waals surface area contributed by atoms with Crippen LogP contribution < -0.4 is 0 Å². The quantitative estimate of drug-likeness (QED) is 0.0281. The number of likely N-dealkylation sites (N-methyl/N-ethyl adjacent to an activating group) is 1. The van der Waals surface area contributed by atoms with Gasteiger partial charge in [-0.05, 0) is 44.9 Å². The van der Waals surface area contributed by atoms with Crippen LogP contribution in [-0.2, 0) is 28.6 Å². The van der Waals surface area contributed by atoms with Crippen LogP contribution in [0.2, 0.25) is 0 Å². The van der Waals surface area contributed by atoms with Crippen LogP contribution >= 0.6 is 0 Å². The summed E-state index contributed by atoms with van der Waals surface area (Å²) in [5.74, 6) is -1.46. The van der Waals surface area contributed by atoms with Crippen molar-refractivity contribution >= 4 is 17.9 Å². The first kappa shape index (κ1) is 59.8. The standard InChI is InChI=1S/C54H101NO7/c1-6-8-10-12-14-16-18-20-22-24-26-27-29-30-32-34-36-38-40-42-44-52(56)61-49-50(48-60-47-46-51(54(58)59)55(3,4)5)62-53(57)45-43-41-39-37-35-33-31-28-25-23-21-19-17-15-13-11-9-7-2/h17,19,23,25,50-51H,6-16,18,20-22,24,26-49H2,1-5H3/p+1/b19-17-,25-23-. The lowest BCUT2D eigenvalue weighted by molar-refractivity contribution is -0.887. The molecule has 0 amide bonds. The molecule has 2 atom stereocenters. The summed E-state index contributed by atoms with van der Waals surface area (Å²) < 4.78 is 17.4. The normalized spacial score (nSPS) is 13.0. The molecule has 0 aromatic heterocycles. The van der Waals surface area contributed by atoms with Crippen LogP contribution in [0, 0.1) is 0 Å². The first-order valence-electron chi connectivity index (χ1n) is 26.4. The number of carboxylic acid groups (broad SMARTS) is 1. The Morgan fingerprint density at radius 2 is 0.855 bits per heavy atom. The predicted molar refractivity (Wildman–Crippen MR) is 262 cm³/mol. The van der Waals surface area contributed by atoms with E-state index in [4.69, 9.17) is 14.2 Å². The van der Waals surface area contributed by atoms with Gasteiger partial charge >= 0.3 is 17.9 Å². The van der Waals surface area contributed by atoms with Crippen molar-refractivity contribution in [3.63, 3.8) is 0 Å². The van der Waals surface area contributed by atoms with E-state index in [2.05, 4.69) is 38.2 Å². The topological polar surface area (TPSA) is 99.1 Å². The van der Waals surface area contributed by atoms with Gasteiger partial charge in [-0.1, -0.05) is 212 Å². The number of unbranched alkanes of at least 4 members (excludes halogenated alkanes) is 30. The van der Waals surface area contributed by atoms with Crippen LogP contribution in [0.15, 0.2) is 24.3 Å². The van der Waals surface area contributed by atoms with Crippen molar-refractivity contribution in [3.8, 4) is 0 Å². The molecular formula is C54H102NO7+. The first-order valence-corrected chi connectivity index (χ1v) is 26.4. The smallest absolute Gasteiger partial charge is 0.362 e. The van der Waals surface area contributed by atoms with E-state index in [1.165, 1.54) is 167 Å². The van der Waals surface area contributed by atoms with Crippen molar-refractivity contribution in [2.75, 3.05) is 41.0 Å². The van der Waals surface area contributed by atoms with Gasteiger partial charge in [0.15, 0.2) is 12.1 Å². The summed E-state index contributed by atoms with van der Waals surface area (Å²) in [6.45, 7) is 4.76. The van der Waals surface area contributed by atoms with E-state index in [0.717, 1.165) is 51.4 Å². The number of hydrogen-bond acceptors (Lipinski definition) is 6. The second-order valence-electron chi connectivity index (χ2n) is 19.1. The Morgan fingerprint density at radius 3 is 1.26 bits per heavy atom. The number of carbonyl (C=O) groups is 3.